The number of aromatic carboxylic acids is 1. The summed E-state index contributed by atoms with van der Waals surface area (Å²) in [6.07, 6.45) is 0. The minimum atomic E-state index is -0.982. The molecule has 0 fully saturated rings. The first-order chi connectivity index (χ1) is 8.56. The third-order valence-corrected chi connectivity index (χ3v) is 2.60. The second-order valence-corrected chi connectivity index (χ2v) is 4.10. The van der Waals surface area contributed by atoms with Crippen molar-refractivity contribution in [2.75, 3.05) is 11.1 Å². The molecule has 4 nitrogen and oxygen atoms in total. The van der Waals surface area contributed by atoms with E-state index in [0.29, 0.717) is 11.4 Å². The zero-order valence-corrected chi connectivity index (χ0v) is 9.97. The van der Waals surface area contributed by atoms with Crippen molar-refractivity contribution in [3.05, 3.63) is 53.6 Å². The summed E-state index contributed by atoms with van der Waals surface area (Å²) in [5, 5.41) is 12.2. The Kier molecular flexibility index (Phi) is 3.19. The van der Waals surface area contributed by atoms with Crippen LogP contribution >= 0.6 is 0 Å². The predicted octanol–water partition coefficient (Wildman–Crippen LogP) is 3.02. The SMILES string of the molecule is Cc1ccc(Nc2cc(N)ccc2C(=O)O)cc1. The molecule has 2 rings (SSSR count). The maximum Gasteiger partial charge on any atom is 0.337 e. The molecule has 0 aliphatic heterocycles. The number of nitrogen functional groups attached to an aromatic ring is 1. The molecule has 92 valence electrons. The number of benzene rings is 2. The average Bonchev–Trinajstić information content (AvgIpc) is 2.32. The number of rotatable bonds is 3. The first-order valence-corrected chi connectivity index (χ1v) is 5.53. The topological polar surface area (TPSA) is 75.3 Å². The molecule has 2 aromatic rings. The molecule has 0 heterocycles. The number of nitrogens with two attached hydrogens (primary N) is 1. The summed E-state index contributed by atoms with van der Waals surface area (Å²) >= 11 is 0. The molecule has 4 N–H and O–H groups in total. The Balaban J connectivity index is 2.35. The van der Waals surface area contributed by atoms with Crippen molar-refractivity contribution in [2.45, 2.75) is 6.92 Å². The molecule has 0 saturated carbocycles. The van der Waals surface area contributed by atoms with Gasteiger partial charge in [-0.3, -0.25) is 0 Å². The zero-order valence-electron chi connectivity index (χ0n) is 9.97. The van der Waals surface area contributed by atoms with Gasteiger partial charge in [-0.2, -0.15) is 0 Å². The Morgan fingerprint density at radius 3 is 2.44 bits per heavy atom. The summed E-state index contributed by atoms with van der Waals surface area (Å²) in [7, 11) is 0. The minimum Gasteiger partial charge on any atom is -0.478 e. The van der Waals surface area contributed by atoms with E-state index in [9.17, 15) is 4.79 Å². The minimum absolute atomic E-state index is 0.199. The first-order valence-electron chi connectivity index (χ1n) is 5.53. The van der Waals surface area contributed by atoms with Crippen molar-refractivity contribution < 1.29 is 9.90 Å². The lowest BCUT2D eigenvalue weighted by Gasteiger charge is -2.10. The van der Waals surface area contributed by atoms with Gasteiger partial charge in [0.05, 0.1) is 11.3 Å². The molecule has 0 aromatic heterocycles. The van der Waals surface area contributed by atoms with Gasteiger partial charge < -0.3 is 16.2 Å². The van der Waals surface area contributed by atoms with Crippen LogP contribution in [0.15, 0.2) is 42.5 Å². The van der Waals surface area contributed by atoms with Crippen molar-refractivity contribution in [3.8, 4) is 0 Å². The number of nitrogens with one attached hydrogen (secondary N) is 1. The number of anilines is 3. The molecule has 0 atom stereocenters. The Morgan fingerprint density at radius 2 is 1.83 bits per heavy atom. The number of carbonyl (C=O) groups is 1. The van der Waals surface area contributed by atoms with E-state index in [1.54, 1.807) is 12.1 Å². The molecule has 2 aromatic carbocycles. The van der Waals surface area contributed by atoms with Crippen molar-refractivity contribution in [1.29, 1.82) is 0 Å². The fourth-order valence-corrected chi connectivity index (χ4v) is 1.64. The molecule has 0 spiro atoms. The van der Waals surface area contributed by atoms with Crippen molar-refractivity contribution in [2.24, 2.45) is 0 Å². The predicted molar refractivity (Wildman–Crippen MR) is 72.3 cm³/mol. The van der Waals surface area contributed by atoms with Gasteiger partial charge in [0.25, 0.3) is 0 Å². The van der Waals surface area contributed by atoms with Gasteiger partial charge in [-0.1, -0.05) is 17.7 Å². The third kappa shape index (κ3) is 2.60. The molecular formula is C14H14N2O2. The average molecular weight is 242 g/mol. The molecule has 18 heavy (non-hydrogen) atoms. The summed E-state index contributed by atoms with van der Waals surface area (Å²) in [5.74, 6) is -0.982. The van der Waals surface area contributed by atoms with Gasteiger partial charge in [0.1, 0.15) is 0 Å². The van der Waals surface area contributed by atoms with Crippen LogP contribution in [0.3, 0.4) is 0 Å². The van der Waals surface area contributed by atoms with Gasteiger partial charge in [0.2, 0.25) is 0 Å². The molecular weight excluding hydrogens is 228 g/mol. The highest BCUT2D eigenvalue weighted by atomic mass is 16.4. The highest BCUT2D eigenvalue weighted by molar-refractivity contribution is 5.96. The van der Waals surface area contributed by atoms with Gasteiger partial charge in [-0.15, -0.1) is 0 Å². The van der Waals surface area contributed by atoms with Gasteiger partial charge in [0.15, 0.2) is 0 Å². The molecule has 0 aliphatic rings. The van der Waals surface area contributed by atoms with Crippen molar-refractivity contribution in [1.82, 2.24) is 0 Å². The number of hydrogen-bond donors (Lipinski definition) is 3. The van der Waals surface area contributed by atoms with Crippen LogP contribution in [0.2, 0.25) is 0 Å². The Labute approximate surface area is 105 Å². The molecule has 0 amide bonds. The number of aryl methyl sites for hydroxylation is 1. The Bertz CT molecular complexity index is 577. The lowest BCUT2D eigenvalue weighted by Crippen LogP contribution is -2.03. The first kappa shape index (κ1) is 12.0. The van der Waals surface area contributed by atoms with E-state index >= 15 is 0 Å². The second-order valence-electron chi connectivity index (χ2n) is 4.10. The van der Waals surface area contributed by atoms with Crippen LogP contribution in [0, 0.1) is 6.92 Å². The van der Waals surface area contributed by atoms with Crippen LogP contribution in [-0.4, -0.2) is 11.1 Å². The number of hydrogen-bond acceptors (Lipinski definition) is 3. The van der Waals surface area contributed by atoms with Crippen molar-refractivity contribution in [3.63, 3.8) is 0 Å². The normalized spacial score (nSPS) is 10.1. The van der Waals surface area contributed by atoms with Crippen molar-refractivity contribution >= 4 is 23.0 Å². The Hall–Kier alpha value is -2.49. The fourth-order valence-electron chi connectivity index (χ4n) is 1.64. The maximum atomic E-state index is 11.1. The molecule has 0 unspecified atom stereocenters. The quantitative estimate of drug-likeness (QED) is 0.723. The molecule has 0 bridgehead atoms. The summed E-state index contributed by atoms with van der Waals surface area (Å²) in [6, 6.07) is 12.4. The standard InChI is InChI=1S/C14H14N2O2/c1-9-2-5-11(6-3-9)16-13-8-10(15)4-7-12(13)14(17)18/h2-8,16H,15H2,1H3,(H,17,18). The second kappa shape index (κ2) is 4.79. The summed E-state index contributed by atoms with van der Waals surface area (Å²) < 4.78 is 0. The van der Waals surface area contributed by atoms with Crippen LogP contribution in [0.25, 0.3) is 0 Å². The number of carboxylic acid groups (broad SMARTS) is 1. The zero-order chi connectivity index (χ0) is 13.1. The van der Waals surface area contributed by atoms with Crippen LogP contribution in [0.4, 0.5) is 17.1 Å². The third-order valence-electron chi connectivity index (χ3n) is 2.60. The van der Waals surface area contributed by atoms with Crippen LogP contribution in [0.1, 0.15) is 15.9 Å². The molecule has 0 saturated heterocycles. The highest BCUT2D eigenvalue weighted by Crippen LogP contribution is 2.23. The van der Waals surface area contributed by atoms with Gasteiger partial charge >= 0.3 is 5.97 Å². The highest BCUT2D eigenvalue weighted by Gasteiger charge is 2.10. The largest absolute Gasteiger partial charge is 0.478 e. The fraction of sp³-hybridized carbons (Fsp3) is 0.0714. The van der Waals surface area contributed by atoms with Gasteiger partial charge in [-0.05, 0) is 37.3 Å². The smallest absolute Gasteiger partial charge is 0.337 e. The van der Waals surface area contributed by atoms with E-state index in [0.717, 1.165) is 11.3 Å². The van der Waals surface area contributed by atoms with Gasteiger partial charge in [0, 0.05) is 11.4 Å². The molecule has 4 heteroatoms. The van der Waals surface area contributed by atoms with Crippen LogP contribution in [-0.2, 0) is 0 Å². The van der Waals surface area contributed by atoms with Crippen LogP contribution in [0.5, 0.6) is 0 Å². The molecule has 0 radical (unpaired) electrons. The summed E-state index contributed by atoms with van der Waals surface area (Å²) in [4.78, 5) is 11.1. The van der Waals surface area contributed by atoms with E-state index in [1.165, 1.54) is 6.07 Å². The lowest BCUT2D eigenvalue weighted by atomic mass is 10.1. The van der Waals surface area contributed by atoms with Crippen LogP contribution < -0.4 is 11.1 Å². The maximum absolute atomic E-state index is 11.1. The van der Waals surface area contributed by atoms with E-state index in [-0.39, 0.29) is 5.56 Å². The Morgan fingerprint density at radius 1 is 1.17 bits per heavy atom. The summed E-state index contributed by atoms with van der Waals surface area (Å²) in [5.41, 5.74) is 8.86. The lowest BCUT2D eigenvalue weighted by molar-refractivity contribution is 0.0698. The van der Waals surface area contributed by atoms with E-state index in [2.05, 4.69) is 5.32 Å². The van der Waals surface area contributed by atoms with E-state index < -0.39 is 5.97 Å². The molecule has 0 aliphatic carbocycles. The van der Waals surface area contributed by atoms with E-state index in [4.69, 9.17) is 10.8 Å². The monoisotopic (exact) mass is 242 g/mol. The van der Waals surface area contributed by atoms with E-state index in [1.807, 2.05) is 31.2 Å². The number of carboxylic acids is 1. The summed E-state index contributed by atoms with van der Waals surface area (Å²) in [6.45, 7) is 1.99. The van der Waals surface area contributed by atoms with Gasteiger partial charge in [-0.25, -0.2) is 4.79 Å².